The van der Waals surface area contributed by atoms with E-state index in [2.05, 4.69) is 0 Å². The van der Waals surface area contributed by atoms with Crippen LogP contribution in [-0.2, 0) is 9.84 Å². The summed E-state index contributed by atoms with van der Waals surface area (Å²) < 4.78 is 23.0. The predicted octanol–water partition coefficient (Wildman–Crippen LogP) is 3.00. The summed E-state index contributed by atoms with van der Waals surface area (Å²) in [4.78, 5) is 11.7. The van der Waals surface area contributed by atoms with Gasteiger partial charge in [0.1, 0.15) is 5.75 Å². The highest BCUT2D eigenvalue weighted by Crippen LogP contribution is 2.23. The molecule has 0 atom stereocenters. The Bertz CT molecular complexity index is 524. The smallest absolute Gasteiger partial charge is 0.177 e. The van der Waals surface area contributed by atoms with Crippen molar-refractivity contribution in [3.8, 4) is 0 Å². The highest BCUT2D eigenvalue weighted by molar-refractivity contribution is 7.92. The quantitative estimate of drug-likeness (QED) is 0.785. The Morgan fingerprint density at radius 1 is 1.24 bits per heavy atom. The fourth-order valence-electron chi connectivity index (χ4n) is 1.34. The maximum atomic E-state index is 11.7. The van der Waals surface area contributed by atoms with Crippen LogP contribution < -0.4 is 0 Å². The number of hydrogen-bond acceptors (Lipinski definition) is 3. The molecule has 1 aromatic carbocycles. The van der Waals surface area contributed by atoms with Crippen LogP contribution in [0.25, 0.3) is 0 Å². The van der Waals surface area contributed by atoms with Crippen LogP contribution in [0.5, 0.6) is 0 Å². The van der Waals surface area contributed by atoms with Crippen LogP contribution in [0.15, 0.2) is 18.2 Å². The van der Waals surface area contributed by atoms with E-state index in [0.29, 0.717) is 11.4 Å². The first-order valence-corrected chi connectivity index (χ1v) is 7.62. The highest BCUT2D eigenvalue weighted by atomic mass is 35.5. The van der Waals surface area contributed by atoms with Crippen molar-refractivity contribution in [2.24, 2.45) is 0 Å². The second-order valence-corrected chi connectivity index (χ2v) is 6.64. The number of carbonyl (C=O) groups excluding carboxylic acids is 1. The van der Waals surface area contributed by atoms with Crippen molar-refractivity contribution in [3.05, 3.63) is 33.8 Å². The van der Waals surface area contributed by atoms with Gasteiger partial charge in [0.15, 0.2) is 15.6 Å². The molecule has 0 heterocycles. The van der Waals surface area contributed by atoms with Crippen molar-refractivity contribution in [3.63, 3.8) is 0 Å². The molecule has 0 fully saturated rings. The predicted molar refractivity (Wildman–Crippen MR) is 69.7 cm³/mol. The van der Waals surface area contributed by atoms with Gasteiger partial charge in [-0.2, -0.15) is 0 Å². The Hall–Kier alpha value is -0.580. The third kappa shape index (κ3) is 4.30. The van der Waals surface area contributed by atoms with E-state index in [4.69, 9.17) is 23.2 Å². The molecular formula is C11H12Cl2O3S. The van der Waals surface area contributed by atoms with Gasteiger partial charge in [-0.25, -0.2) is 8.42 Å². The molecule has 0 aromatic heterocycles. The zero-order chi connectivity index (χ0) is 13.1. The van der Waals surface area contributed by atoms with Crippen LogP contribution in [0.4, 0.5) is 0 Å². The molecular weight excluding hydrogens is 283 g/mol. The van der Waals surface area contributed by atoms with Gasteiger partial charge in [0.25, 0.3) is 0 Å². The van der Waals surface area contributed by atoms with Crippen LogP contribution in [0.3, 0.4) is 0 Å². The minimum absolute atomic E-state index is 0.0140. The van der Waals surface area contributed by atoms with Crippen LogP contribution in [0.1, 0.15) is 23.7 Å². The SMILES string of the molecule is CCCS(=O)(=O)CC(=O)c1ccc(Cl)c(Cl)c1. The maximum absolute atomic E-state index is 11.7. The molecule has 3 nitrogen and oxygen atoms in total. The van der Waals surface area contributed by atoms with Gasteiger partial charge in [0.2, 0.25) is 0 Å². The topological polar surface area (TPSA) is 51.2 Å². The molecule has 1 rings (SSSR count). The second-order valence-electron chi connectivity index (χ2n) is 3.64. The number of sulfone groups is 1. The summed E-state index contributed by atoms with van der Waals surface area (Å²) in [6, 6.07) is 4.33. The van der Waals surface area contributed by atoms with E-state index in [1.807, 2.05) is 0 Å². The Kier molecular flexibility index (Phi) is 4.98. The average Bonchev–Trinajstić information content (AvgIpc) is 2.21. The minimum Gasteiger partial charge on any atom is -0.293 e. The maximum Gasteiger partial charge on any atom is 0.177 e. The molecule has 6 heteroatoms. The van der Waals surface area contributed by atoms with Gasteiger partial charge in [-0.1, -0.05) is 30.1 Å². The van der Waals surface area contributed by atoms with Crippen molar-refractivity contribution >= 4 is 38.8 Å². The molecule has 94 valence electrons. The molecule has 0 N–H and O–H groups in total. The molecule has 0 aliphatic rings. The molecule has 0 spiro atoms. The summed E-state index contributed by atoms with van der Waals surface area (Å²) in [5.74, 6) is -0.934. The van der Waals surface area contributed by atoms with Gasteiger partial charge in [-0.15, -0.1) is 0 Å². The molecule has 0 amide bonds. The number of halogens is 2. The standard InChI is InChI=1S/C11H12Cl2O3S/c1-2-5-17(15,16)7-11(14)8-3-4-9(12)10(13)6-8/h3-4,6H,2,5,7H2,1H3. The summed E-state index contributed by atoms with van der Waals surface area (Å²) in [6.45, 7) is 1.75. The lowest BCUT2D eigenvalue weighted by Gasteiger charge is -2.03. The summed E-state index contributed by atoms with van der Waals surface area (Å²) in [5.41, 5.74) is 0.263. The molecule has 1 aromatic rings. The summed E-state index contributed by atoms with van der Waals surface area (Å²) in [5, 5.41) is 0.574. The van der Waals surface area contributed by atoms with E-state index in [0.717, 1.165) is 0 Å². The van der Waals surface area contributed by atoms with E-state index in [-0.39, 0.29) is 16.3 Å². The lowest BCUT2D eigenvalue weighted by atomic mass is 10.1. The van der Waals surface area contributed by atoms with E-state index in [1.54, 1.807) is 6.92 Å². The van der Waals surface area contributed by atoms with Crippen LogP contribution in [0, 0.1) is 0 Å². The molecule has 0 radical (unpaired) electrons. The van der Waals surface area contributed by atoms with Gasteiger partial charge in [0.05, 0.1) is 15.8 Å². The van der Waals surface area contributed by atoms with Crippen molar-refractivity contribution < 1.29 is 13.2 Å². The van der Waals surface area contributed by atoms with Gasteiger partial charge in [-0.05, 0) is 24.6 Å². The van der Waals surface area contributed by atoms with Crippen LogP contribution in [-0.4, -0.2) is 25.7 Å². The van der Waals surface area contributed by atoms with Crippen LogP contribution >= 0.6 is 23.2 Å². The average molecular weight is 295 g/mol. The fraction of sp³-hybridized carbons (Fsp3) is 0.364. The number of rotatable bonds is 5. The first-order chi connectivity index (χ1) is 7.85. The molecule has 17 heavy (non-hydrogen) atoms. The molecule has 0 aliphatic heterocycles. The van der Waals surface area contributed by atoms with Gasteiger partial charge in [-0.3, -0.25) is 4.79 Å². The Labute approximate surface area is 111 Å². The summed E-state index contributed by atoms with van der Waals surface area (Å²) in [7, 11) is -3.33. The van der Waals surface area contributed by atoms with E-state index in [9.17, 15) is 13.2 Å². The largest absolute Gasteiger partial charge is 0.293 e. The molecule has 0 aliphatic carbocycles. The van der Waals surface area contributed by atoms with Gasteiger partial charge in [0, 0.05) is 5.56 Å². The number of ketones is 1. The van der Waals surface area contributed by atoms with Crippen molar-refractivity contribution in [1.29, 1.82) is 0 Å². The number of Topliss-reactive ketones (excluding diaryl/α,β-unsaturated/α-hetero) is 1. The molecule has 0 saturated heterocycles. The normalized spacial score (nSPS) is 11.5. The second kappa shape index (κ2) is 5.85. The Balaban J connectivity index is 2.87. The van der Waals surface area contributed by atoms with Crippen molar-refractivity contribution in [2.75, 3.05) is 11.5 Å². The lowest BCUT2D eigenvalue weighted by Crippen LogP contribution is -2.18. The van der Waals surface area contributed by atoms with Crippen LogP contribution in [0.2, 0.25) is 10.0 Å². The van der Waals surface area contributed by atoms with Gasteiger partial charge < -0.3 is 0 Å². The first kappa shape index (κ1) is 14.5. The Morgan fingerprint density at radius 2 is 1.88 bits per heavy atom. The molecule has 0 bridgehead atoms. The molecule has 0 unspecified atom stereocenters. The number of carbonyl (C=O) groups is 1. The zero-order valence-corrected chi connectivity index (χ0v) is 11.6. The van der Waals surface area contributed by atoms with E-state index >= 15 is 0 Å². The van der Waals surface area contributed by atoms with Crippen molar-refractivity contribution in [1.82, 2.24) is 0 Å². The highest BCUT2D eigenvalue weighted by Gasteiger charge is 2.17. The Morgan fingerprint density at radius 3 is 2.41 bits per heavy atom. The zero-order valence-electron chi connectivity index (χ0n) is 9.24. The fourth-order valence-corrected chi connectivity index (χ4v) is 2.97. The summed E-state index contributed by atoms with van der Waals surface area (Å²) in [6.07, 6.45) is 0.497. The minimum atomic E-state index is -3.33. The summed E-state index contributed by atoms with van der Waals surface area (Å²) >= 11 is 11.5. The van der Waals surface area contributed by atoms with E-state index in [1.165, 1.54) is 18.2 Å². The lowest BCUT2D eigenvalue weighted by molar-refractivity contribution is 0.102. The van der Waals surface area contributed by atoms with Crippen molar-refractivity contribution in [2.45, 2.75) is 13.3 Å². The van der Waals surface area contributed by atoms with E-state index < -0.39 is 21.4 Å². The number of hydrogen-bond donors (Lipinski definition) is 0. The van der Waals surface area contributed by atoms with Gasteiger partial charge >= 0.3 is 0 Å². The third-order valence-corrected chi connectivity index (χ3v) is 4.58. The third-order valence-electron chi connectivity index (χ3n) is 2.11. The first-order valence-electron chi connectivity index (χ1n) is 5.04. The monoisotopic (exact) mass is 294 g/mol. The molecule has 0 saturated carbocycles. The number of benzene rings is 1.